The summed E-state index contributed by atoms with van der Waals surface area (Å²) in [5, 5.41) is 17.1. The number of rotatable bonds is 7. The summed E-state index contributed by atoms with van der Waals surface area (Å²) in [6.45, 7) is 0. The molecule has 0 fully saturated rings. The molecule has 1 aromatic rings. The molecule has 21 heavy (non-hydrogen) atoms. The van der Waals surface area contributed by atoms with Gasteiger partial charge in [-0.1, -0.05) is 29.3 Å². The molecule has 0 amide bonds. The van der Waals surface area contributed by atoms with E-state index in [4.69, 9.17) is 33.4 Å². The first-order chi connectivity index (χ1) is 9.65. The number of nitrogens with one attached hydrogen (secondary N) is 1. The van der Waals surface area contributed by atoms with Crippen molar-refractivity contribution in [2.45, 2.75) is 23.8 Å². The van der Waals surface area contributed by atoms with Crippen molar-refractivity contribution in [3.8, 4) is 0 Å². The van der Waals surface area contributed by atoms with E-state index in [1.54, 1.807) is 0 Å². The van der Waals surface area contributed by atoms with Gasteiger partial charge in [0.05, 0.1) is 10.0 Å². The Morgan fingerprint density at radius 1 is 1.19 bits per heavy atom. The number of aliphatic carboxylic acids is 2. The number of hydrogen-bond donors (Lipinski definition) is 3. The lowest BCUT2D eigenvalue weighted by Crippen LogP contribution is -2.41. The van der Waals surface area contributed by atoms with E-state index in [9.17, 15) is 18.0 Å². The van der Waals surface area contributed by atoms with Crippen LogP contribution in [0.4, 0.5) is 0 Å². The van der Waals surface area contributed by atoms with Crippen molar-refractivity contribution in [1.82, 2.24) is 4.72 Å². The van der Waals surface area contributed by atoms with Gasteiger partial charge in [0.2, 0.25) is 10.0 Å². The Labute approximate surface area is 130 Å². The van der Waals surface area contributed by atoms with Crippen LogP contribution in [0.5, 0.6) is 0 Å². The summed E-state index contributed by atoms with van der Waals surface area (Å²) in [5.41, 5.74) is 0. The molecule has 0 aliphatic rings. The van der Waals surface area contributed by atoms with Crippen molar-refractivity contribution in [2.75, 3.05) is 0 Å². The van der Waals surface area contributed by atoms with Crippen LogP contribution < -0.4 is 4.72 Å². The van der Waals surface area contributed by atoms with Gasteiger partial charge in [0, 0.05) is 6.42 Å². The van der Waals surface area contributed by atoms with Crippen LogP contribution in [-0.4, -0.2) is 36.6 Å². The van der Waals surface area contributed by atoms with E-state index in [0.29, 0.717) is 0 Å². The number of carboxylic acids is 2. The Kier molecular flexibility index (Phi) is 5.97. The van der Waals surface area contributed by atoms with Crippen molar-refractivity contribution in [2.24, 2.45) is 0 Å². The first-order valence-corrected chi connectivity index (χ1v) is 7.80. The fraction of sp³-hybridized carbons (Fsp3) is 0.273. The van der Waals surface area contributed by atoms with E-state index in [-0.39, 0.29) is 10.0 Å². The summed E-state index contributed by atoms with van der Waals surface area (Å²) >= 11 is 11.5. The normalized spacial score (nSPS) is 12.9. The van der Waals surface area contributed by atoms with Gasteiger partial charge in [0.15, 0.2) is 0 Å². The van der Waals surface area contributed by atoms with Crippen molar-refractivity contribution >= 4 is 45.2 Å². The Balaban J connectivity index is 3.07. The van der Waals surface area contributed by atoms with Crippen LogP contribution in [0, 0.1) is 0 Å². The Morgan fingerprint density at radius 3 is 2.14 bits per heavy atom. The van der Waals surface area contributed by atoms with E-state index in [1.807, 2.05) is 4.72 Å². The summed E-state index contributed by atoms with van der Waals surface area (Å²) < 4.78 is 26.2. The summed E-state index contributed by atoms with van der Waals surface area (Å²) in [7, 11) is -4.30. The van der Waals surface area contributed by atoms with Crippen molar-refractivity contribution in [3.63, 3.8) is 0 Å². The zero-order chi connectivity index (χ0) is 16.2. The Morgan fingerprint density at radius 2 is 1.71 bits per heavy atom. The molecule has 0 heterocycles. The van der Waals surface area contributed by atoms with Crippen molar-refractivity contribution in [1.29, 1.82) is 0 Å². The maximum atomic E-state index is 12.1. The average Bonchev–Trinajstić information content (AvgIpc) is 2.33. The molecular weight excluding hydrogens is 345 g/mol. The van der Waals surface area contributed by atoms with Crippen LogP contribution in [0.2, 0.25) is 10.0 Å². The van der Waals surface area contributed by atoms with Crippen LogP contribution in [0.15, 0.2) is 23.1 Å². The van der Waals surface area contributed by atoms with E-state index in [0.717, 1.165) is 0 Å². The monoisotopic (exact) mass is 355 g/mol. The van der Waals surface area contributed by atoms with E-state index >= 15 is 0 Å². The fourth-order valence-corrected chi connectivity index (χ4v) is 3.85. The van der Waals surface area contributed by atoms with Gasteiger partial charge in [-0.15, -0.1) is 0 Å². The van der Waals surface area contributed by atoms with E-state index in [2.05, 4.69) is 0 Å². The zero-order valence-electron chi connectivity index (χ0n) is 10.4. The number of hydrogen-bond acceptors (Lipinski definition) is 4. The van der Waals surface area contributed by atoms with Gasteiger partial charge in [-0.3, -0.25) is 9.59 Å². The minimum Gasteiger partial charge on any atom is -0.481 e. The molecule has 0 bridgehead atoms. The molecule has 0 aliphatic carbocycles. The molecule has 0 saturated carbocycles. The van der Waals surface area contributed by atoms with Crippen molar-refractivity contribution in [3.05, 3.63) is 28.2 Å². The Bertz CT molecular complexity index is 640. The van der Waals surface area contributed by atoms with Crippen molar-refractivity contribution < 1.29 is 28.2 Å². The second kappa shape index (κ2) is 7.08. The molecule has 1 unspecified atom stereocenters. The van der Waals surface area contributed by atoms with Crippen LogP contribution in [0.25, 0.3) is 0 Å². The van der Waals surface area contributed by atoms with Gasteiger partial charge in [0.25, 0.3) is 0 Å². The molecule has 0 aromatic heterocycles. The largest absolute Gasteiger partial charge is 0.481 e. The second-order valence-electron chi connectivity index (χ2n) is 4.00. The van der Waals surface area contributed by atoms with Crippen LogP contribution >= 0.6 is 23.2 Å². The minimum atomic E-state index is -4.30. The number of halogens is 2. The van der Waals surface area contributed by atoms with Crippen LogP contribution in [-0.2, 0) is 19.6 Å². The van der Waals surface area contributed by atoms with Crippen LogP contribution in [0.1, 0.15) is 12.8 Å². The smallest absolute Gasteiger partial charge is 0.321 e. The summed E-state index contributed by atoms with van der Waals surface area (Å²) in [5.74, 6) is -2.74. The quantitative estimate of drug-likeness (QED) is 0.682. The summed E-state index contributed by atoms with van der Waals surface area (Å²) in [4.78, 5) is 21.0. The molecule has 1 atom stereocenters. The lowest BCUT2D eigenvalue weighted by atomic mass is 10.2. The van der Waals surface area contributed by atoms with Gasteiger partial charge in [-0.05, 0) is 18.6 Å². The maximum Gasteiger partial charge on any atom is 0.321 e. The molecule has 7 nitrogen and oxygen atoms in total. The standard InChI is InChI=1S/C11H11Cl2NO6S/c12-6-2-1-3-7(13)10(6)21(19,20)14-8(11(17)18)4-5-9(15)16/h1-3,8,14H,4-5H2,(H,15,16)(H,17,18). The highest BCUT2D eigenvalue weighted by Gasteiger charge is 2.29. The topological polar surface area (TPSA) is 121 Å². The molecule has 10 heteroatoms. The van der Waals surface area contributed by atoms with Gasteiger partial charge in [-0.25, -0.2) is 8.42 Å². The Hall–Kier alpha value is -1.35. The van der Waals surface area contributed by atoms with Gasteiger partial charge in [-0.2, -0.15) is 4.72 Å². The first kappa shape index (κ1) is 17.7. The highest BCUT2D eigenvalue weighted by atomic mass is 35.5. The lowest BCUT2D eigenvalue weighted by molar-refractivity contribution is -0.140. The van der Waals surface area contributed by atoms with Gasteiger partial charge in [0.1, 0.15) is 10.9 Å². The highest BCUT2D eigenvalue weighted by molar-refractivity contribution is 7.89. The number of sulfonamides is 1. The fourth-order valence-electron chi connectivity index (χ4n) is 1.49. The molecule has 0 saturated heterocycles. The summed E-state index contributed by atoms with van der Waals surface area (Å²) in [6.07, 6.45) is -0.915. The highest BCUT2D eigenvalue weighted by Crippen LogP contribution is 2.29. The third-order valence-electron chi connectivity index (χ3n) is 2.43. The first-order valence-electron chi connectivity index (χ1n) is 5.56. The number of carbonyl (C=O) groups is 2. The minimum absolute atomic E-state index is 0.169. The summed E-state index contributed by atoms with van der Waals surface area (Å²) in [6, 6.07) is 2.41. The second-order valence-corrected chi connectivity index (χ2v) is 6.46. The predicted molar refractivity (Wildman–Crippen MR) is 75.1 cm³/mol. The third kappa shape index (κ3) is 4.85. The average molecular weight is 356 g/mol. The molecular formula is C11H11Cl2NO6S. The molecule has 116 valence electrons. The van der Waals surface area contributed by atoms with Gasteiger partial charge >= 0.3 is 11.9 Å². The maximum absolute atomic E-state index is 12.1. The SMILES string of the molecule is O=C(O)CCC(NS(=O)(=O)c1c(Cl)cccc1Cl)C(=O)O. The number of benzene rings is 1. The van der Waals surface area contributed by atoms with Gasteiger partial charge < -0.3 is 10.2 Å². The number of carboxylic acid groups (broad SMARTS) is 2. The van der Waals surface area contributed by atoms with E-state index in [1.165, 1.54) is 18.2 Å². The van der Waals surface area contributed by atoms with E-state index < -0.39 is 45.7 Å². The predicted octanol–water partition coefficient (Wildman–Crippen LogP) is 1.59. The third-order valence-corrected chi connectivity index (χ3v) is 4.86. The molecule has 1 aromatic carbocycles. The molecule has 1 rings (SSSR count). The molecule has 0 radical (unpaired) electrons. The molecule has 3 N–H and O–H groups in total. The lowest BCUT2D eigenvalue weighted by Gasteiger charge is -2.15. The van der Waals surface area contributed by atoms with Crippen LogP contribution in [0.3, 0.4) is 0 Å². The molecule has 0 aliphatic heterocycles. The zero-order valence-corrected chi connectivity index (χ0v) is 12.7. The molecule has 0 spiro atoms.